The van der Waals surface area contributed by atoms with Gasteiger partial charge in [-0.2, -0.15) is 0 Å². The Hall–Kier alpha value is -3.80. The molecule has 32 heavy (non-hydrogen) atoms. The first kappa shape index (κ1) is 18.9. The van der Waals surface area contributed by atoms with Crippen LogP contribution in [0.2, 0.25) is 0 Å². The van der Waals surface area contributed by atoms with Gasteiger partial charge in [0.15, 0.2) is 5.82 Å². The molecule has 1 fully saturated rings. The molecule has 5 nitrogen and oxygen atoms in total. The van der Waals surface area contributed by atoms with Gasteiger partial charge in [0, 0.05) is 34.8 Å². The zero-order chi connectivity index (χ0) is 21.8. The molecule has 5 aromatic rings. The van der Waals surface area contributed by atoms with Crippen LogP contribution in [0, 0.1) is 11.7 Å². The zero-order valence-corrected chi connectivity index (χ0v) is 17.7. The largest absolute Gasteiger partial charge is 0.382 e. The summed E-state index contributed by atoms with van der Waals surface area (Å²) in [7, 11) is 0. The Morgan fingerprint density at radius 1 is 1.00 bits per heavy atom. The molecule has 2 aromatic carbocycles. The summed E-state index contributed by atoms with van der Waals surface area (Å²) >= 11 is 0. The molecule has 0 bridgehead atoms. The van der Waals surface area contributed by atoms with Gasteiger partial charge in [-0.15, -0.1) is 0 Å². The lowest BCUT2D eigenvalue weighted by molar-refractivity contribution is 0.277. The van der Waals surface area contributed by atoms with Crippen molar-refractivity contribution in [2.45, 2.75) is 25.7 Å². The lowest BCUT2D eigenvalue weighted by atomic mass is 9.76. The van der Waals surface area contributed by atoms with Crippen LogP contribution in [0.25, 0.3) is 38.9 Å². The number of benzene rings is 2. The summed E-state index contributed by atoms with van der Waals surface area (Å²) < 4.78 is 17.9. The van der Waals surface area contributed by atoms with E-state index in [2.05, 4.69) is 16.9 Å². The van der Waals surface area contributed by atoms with Gasteiger partial charge in [0.25, 0.3) is 0 Å². The number of pyridine rings is 1. The topological polar surface area (TPSA) is 69.1 Å². The minimum Gasteiger partial charge on any atom is -0.382 e. The number of nitrogens with two attached hydrogens (primary N) is 1. The molecule has 3 aromatic heterocycles. The van der Waals surface area contributed by atoms with E-state index in [0.717, 1.165) is 35.3 Å². The van der Waals surface area contributed by atoms with Crippen LogP contribution in [-0.2, 0) is 0 Å². The predicted octanol–water partition coefficient (Wildman–Crippen LogP) is 5.85. The fourth-order valence-electron chi connectivity index (χ4n) is 4.78. The van der Waals surface area contributed by atoms with E-state index in [1.807, 2.05) is 59.1 Å². The van der Waals surface area contributed by atoms with Crippen LogP contribution in [0.15, 0.2) is 67.0 Å². The number of rotatable bonds is 3. The molecule has 1 aliphatic rings. The van der Waals surface area contributed by atoms with Gasteiger partial charge in [0.2, 0.25) is 0 Å². The van der Waals surface area contributed by atoms with Crippen molar-refractivity contribution < 1.29 is 4.39 Å². The number of anilines is 1. The standard InChI is InChI=1S/C26H22FN5/c1-15-13-18(14-15)26-31-23(24-25(28)29-11-12-32(24)26)19-9-7-17-8-10-20(30-22(17)21(19)27)16-5-3-2-4-6-16/h2-12,15,18H,13-14H2,1H3,(H2,28,29). The number of hydrogen-bond acceptors (Lipinski definition) is 4. The van der Waals surface area contributed by atoms with Gasteiger partial charge in [-0.1, -0.05) is 49.4 Å². The molecule has 0 spiro atoms. The summed E-state index contributed by atoms with van der Waals surface area (Å²) in [5.41, 5.74) is 9.82. The molecule has 0 aliphatic heterocycles. The van der Waals surface area contributed by atoms with Crippen LogP contribution in [0.4, 0.5) is 10.2 Å². The molecule has 6 rings (SSSR count). The summed E-state index contributed by atoms with van der Waals surface area (Å²) in [6, 6.07) is 17.3. The third kappa shape index (κ3) is 2.87. The van der Waals surface area contributed by atoms with E-state index >= 15 is 4.39 Å². The maximum atomic E-state index is 15.9. The minimum absolute atomic E-state index is 0.325. The molecule has 2 N–H and O–H groups in total. The smallest absolute Gasteiger partial charge is 0.158 e. The molecule has 1 saturated carbocycles. The molecule has 0 unspecified atom stereocenters. The van der Waals surface area contributed by atoms with Crippen molar-refractivity contribution in [1.29, 1.82) is 0 Å². The summed E-state index contributed by atoms with van der Waals surface area (Å²) in [4.78, 5) is 13.8. The second-order valence-corrected chi connectivity index (χ2v) is 8.68. The lowest BCUT2D eigenvalue weighted by Crippen LogP contribution is -2.21. The molecule has 158 valence electrons. The highest BCUT2D eigenvalue weighted by atomic mass is 19.1. The van der Waals surface area contributed by atoms with Crippen molar-refractivity contribution in [3.8, 4) is 22.5 Å². The number of aromatic nitrogens is 4. The highest BCUT2D eigenvalue weighted by Crippen LogP contribution is 2.43. The summed E-state index contributed by atoms with van der Waals surface area (Å²) in [6.07, 6.45) is 5.68. The number of imidazole rings is 1. The first-order valence-corrected chi connectivity index (χ1v) is 10.9. The molecule has 0 amide bonds. The number of halogens is 1. The van der Waals surface area contributed by atoms with E-state index in [-0.39, 0.29) is 0 Å². The SMILES string of the molecule is CC1CC(c2nc(-c3ccc4ccc(-c5ccccc5)nc4c3F)c3c(N)nccn23)C1. The second-order valence-electron chi connectivity index (χ2n) is 8.68. The van der Waals surface area contributed by atoms with Crippen molar-refractivity contribution >= 4 is 22.2 Å². The molecular weight excluding hydrogens is 401 g/mol. The Kier molecular flexibility index (Phi) is 4.21. The third-order valence-electron chi connectivity index (χ3n) is 6.47. The van der Waals surface area contributed by atoms with E-state index in [9.17, 15) is 0 Å². The average molecular weight is 423 g/mol. The third-order valence-corrected chi connectivity index (χ3v) is 6.47. The van der Waals surface area contributed by atoms with Gasteiger partial charge in [-0.25, -0.2) is 19.3 Å². The Bertz CT molecular complexity index is 1470. The monoisotopic (exact) mass is 423 g/mol. The Morgan fingerprint density at radius 2 is 1.78 bits per heavy atom. The molecule has 6 heteroatoms. The molecule has 0 atom stereocenters. The maximum absolute atomic E-state index is 15.9. The fourth-order valence-corrected chi connectivity index (χ4v) is 4.78. The van der Waals surface area contributed by atoms with Crippen LogP contribution >= 0.6 is 0 Å². The van der Waals surface area contributed by atoms with E-state index in [0.29, 0.717) is 39.9 Å². The van der Waals surface area contributed by atoms with E-state index in [1.54, 1.807) is 12.3 Å². The number of nitrogen functional groups attached to an aromatic ring is 1. The van der Waals surface area contributed by atoms with Gasteiger partial charge >= 0.3 is 0 Å². The average Bonchev–Trinajstić information content (AvgIpc) is 3.18. The maximum Gasteiger partial charge on any atom is 0.158 e. The first-order valence-electron chi connectivity index (χ1n) is 10.9. The van der Waals surface area contributed by atoms with Gasteiger partial charge in [0.05, 0.1) is 5.69 Å². The molecule has 1 aliphatic carbocycles. The summed E-state index contributed by atoms with van der Waals surface area (Å²) in [6.45, 7) is 2.24. The van der Waals surface area contributed by atoms with Crippen LogP contribution in [-0.4, -0.2) is 19.4 Å². The fraction of sp³-hybridized carbons (Fsp3) is 0.192. The van der Waals surface area contributed by atoms with Crippen molar-refractivity contribution in [3.05, 3.63) is 78.6 Å². The van der Waals surface area contributed by atoms with Crippen LogP contribution in [0.3, 0.4) is 0 Å². The normalized spacial score (nSPS) is 18.2. The Labute approximate surface area is 184 Å². The number of hydrogen-bond donors (Lipinski definition) is 1. The van der Waals surface area contributed by atoms with Gasteiger partial charge in [-0.05, 0) is 30.9 Å². The van der Waals surface area contributed by atoms with Gasteiger partial charge in [0.1, 0.15) is 28.4 Å². The van der Waals surface area contributed by atoms with Gasteiger partial charge < -0.3 is 5.73 Å². The Balaban J connectivity index is 1.56. The van der Waals surface area contributed by atoms with Crippen LogP contribution in [0.1, 0.15) is 31.5 Å². The van der Waals surface area contributed by atoms with Crippen LogP contribution in [0.5, 0.6) is 0 Å². The quantitative estimate of drug-likeness (QED) is 0.395. The Morgan fingerprint density at radius 3 is 2.56 bits per heavy atom. The highest BCUT2D eigenvalue weighted by Gasteiger charge is 2.32. The van der Waals surface area contributed by atoms with Gasteiger partial charge in [-0.3, -0.25) is 4.40 Å². The zero-order valence-electron chi connectivity index (χ0n) is 17.7. The van der Waals surface area contributed by atoms with Crippen molar-refractivity contribution in [3.63, 3.8) is 0 Å². The van der Waals surface area contributed by atoms with Crippen molar-refractivity contribution in [1.82, 2.24) is 19.4 Å². The van der Waals surface area contributed by atoms with Crippen molar-refractivity contribution in [2.75, 3.05) is 5.73 Å². The van der Waals surface area contributed by atoms with E-state index in [4.69, 9.17) is 10.7 Å². The molecule has 0 saturated heterocycles. The number of fused-ring (bicyclic) bond motifs is 2. The van der Waals surface area contributed by atoms with Crippen molar-refractivity contribution in [2.24, 2.45) is 5.92 Å². The lowest BCUT2D eigenvalue weighted by Gasteiger charge is -2.31. The first-order chi connectivity index (χ1) is 15.6. The second kappa shape index (κ2) is 7.12. The molecular formula is C26H22FN5. The molecule has 3 heterocycles. The summed E-state index contributed by atoms with van der Waals surface area (Å²) in [5, 5.41) is 0.744. The minimum atomic E-state index is -0.392. The van der Waals surface area contributed by atoms with Crippen LogP contribution < -0.4 is 5.73 Å². The van der Waals surface area contributed by atoms with E-state index < -0.39 is 5.82 Å². The van der Waals surface area contributed by atoms with E-state index in [1.165, 1.54) is 0 Å². The highest BCUT2D eigenvalue weighted by molar-refractivity contribution is 5.92. The summed E-state index contributed by atoms with van der Waals surface area (Å²) in [5.74, 6) is 1.90. The molecule has 0 radical (unpaired) electrons. The number of nitrogens with zero attached hydrogens (tertiary/aromatic N) is 4. The predicted molar refractivity (Wildman–Crippen MR) is 125 cm³/mol.